The number of aliphatic imine (C=N–C) groups is 1. The molecule has 1 unspecified atom stereocenters. The summed E-state index contributed by atoms with van der Waals surface area (Å²) in [7, 11) is 0.365. The lowest BCUT2D eigenvalue weighted by Gasteiger charge is -2.14. The fourth-order valence-corrected chi connectivity index (χ4v) is 5.74. The molecule has 1 atom stereocenters. The van der Waals surface area contributed by atoms with Crippen LogP contribution in [0, 0.1) is 6.92 Å². The van der Waals surface area contributed by atoms with Gasteiger partial charge in [0.2, 0.25) is 0 Å². The Morgan fingerprint density at radius 3 is 2.69 bits per heavy atom. The van der Waals surface area contributed by atoms with Gasteiger partial charge < -0.3 is 10.2 Å². The number of thiophene rings is 1. The van der Waals surface area contributed by atoms with Crippen molar-refractivity contribution in [2.45, 2.75) is 11.1 Å². The fraction of sp³-hybridized carbons (Fsp3) is 0.167. The number of anilines is 1. The molecule has 2 N–H and O–H groups in total. The number of nitrogens with one attached hydrogen (secondary N) is 2. The molecule has 11 heteroatoms. The summed E-state index contributed by atoms with van der Waals surface area (Å²) >= 11 is 1.36. The minimum Gasteiger partial charge on any atom is -0.358 e. The molecular weight excluding hydrogens is 484 g/mol. The van der Waals surface area contributed by atoms with Gasteiger partial charge in [-0.05, 0) is 54.8 Å². The Labute approximate surface area is 207 Å². The molecule has 0 saturated carbocycles. The quantitative estimate of drug-likeness (QED) is 0.432. The Bertz CT molecular complexity index is 1540. The van der Waals surface area contributed by atoms with Gasteiger partial charge in [-0.15, -0.1) is 11.3 Å². The third-order valence-corrected chi connectivity index (χ3v) is 7.93. The van der Waals surface area contributed by atoms with Crippen LogP contribution >= 0.6 is 11.3 Å². The molecule has 1 aromatic carbocycles. The summed E-state index contributed by atoms with van der Waals surface area (Å²) in [4.78, 5) is 37.3. The van der Waals surface area contributed by atoms with Gasteiger partial charge in [-0.1, -0.05) is 6.07 Å². The van der Waals surface area contributed by atoms with E-state index in [0.717, 1.165) is 34.8 Å². The van der Waals surface area contributed by atoms with E-state index in [9.17, 15) is 13.8 Å². The lowest BCUT2D eigenvalue weighted by Crippen LogP contribution is -2.30. The van der Waals surface area contributed by atoms with Gasteiger partial charge in [-0.25, -0.2) is 14.0 Å². The molecule has 0 aliphatic carbocycles. The van der Waals surface area contributed by atoms with E-state index in [1.54, 1.807) is 24.4 Å². The van der Waals surface area contributed by atoms with Crippen molar-refractivity contribution in [3.05, 3.63) is 81.7 Å². The molecule has 0 fully saturated rings. The molecular formula is C24H22N6O3S2. The minimum absolute atomic E-state index is 0.191. The molecule has 5 rings (SSSR count). The number of rotatable bonds is 5. The van der Waals surface area contributed by atoms with Gasteiger partial charge in [0.15, 0.2) is 11.0 Å². The Morgan fingerprint density at radius 1 is 1.14 bits per heavy atom. The highest BCUT2D eigenvalue weighted by Crippen LogP contribution is 2.19. The Kier molecular flexibility index (Phi) is 6.18. The number of amides is 2. The zero-order chi connectivity index (χ0) is 24.5. The maximum atomic E-state index is 13.1. The highest BCUT2D eigenvalue weighted by atomic mass is 32.2. The number of hydrogen-bond donors (Lipinski definition) is 2. The lowest BCUT2D eigenvalue weighted by atomic mass is 10.1. The normalized spacial score (nSPS) is 14.1. The van der Waals surface area contributed by atoms with Gasteiger partial charge in [-0.2, -0.15) is 0 Å². The summed E-state index contributed by atoms with van der Waals surface area (Å²) in [5, 5.41) is 4.01. The van der Waals surface area contributed by atoms with Crippen molar-refractivity contribution >= 4 is 50.6 Å². The predicted octanol–water partition coefficient (Wildman–Crippen LogP) is 3.29. The van der Waals surface area contributed by atoms with Crippen LogP contribution in [0.5, 0.6) is 0 Å². The summed E-state index contributed by atoms with van der Waals surface area (Å²) in [6.07, 6.45) is 3.13. The van der Waals surface area contributed by atoms with Crippen molar-refractivity contribution in [2.24, 2.45) is 4.99 Å². The number of aromatic nitrogens is 2. The summed E-state index contributed by atoms with van der Waals surface area (Å²) < 4.78 is 16.7. The minimum atomic E-state index is -1.64. The molecule has 9 nitrogen and oxygen atoms in total. The monoisotopic (exact) mass is 506 g/mol. The molecule has 1 aliphatic heterocycles. The number of carbonyl (C=O) groups excluding carboxylic acids is 1. The van der Waals surface area contributed by atoms with Crippen molar-refractivity contribution < 1.29 is 9.00 Å². The lowest BCUT2D eigenvalue weighted by molar-refractivity contribution is 0.257. The highest BCUT2D eigenvalue weighted by molar-refractivity contribution is 7.86. The van der Waals surface area contributed by atoms with Crippen molar-refractivity contribution in [3.8, 4) is 5.82 Å². The zero-order valence-electron chi connectivity index (χ0n) is 19.0. The number of pyridine rings is 2. The number of amidine groups is 1. The molecule has 0 radical (unpaired) electrons. The number of urea groups is 1. The number of carbonyl (C=O) groups is 1. The van der Waals surface area contributed by atoms with Gasteiger partial charge in [-0.3, -0.25) is 19.1 Å². The second-order valence-corrected chi connectivity index (χ2v) is 10.7. The Hall–Kier alpha value is -3.83. The number of hydrogen-bond acceptors (Lipinski definition) is 7. The number of fused-ring (bicyclic) bond motifs is 1. The number of nitrogens with zero attached hydrogens (tertiary/aromatic N) is 4. The molecule has 0 saturated heterocycles. The zero-order valence-corrected chi connectivity index (χ0v) is 20.7. The molecule has 1 aliphatic rings. The van der Waals surface area contributed by atoms with Crippen molar-refractivity contribution in [2.75, 3.05) is 25.5 Å². The number of aryl methyl sites for hydroxylation is 1. The van der Waals surface area contributed by atoms with E-state index in [1.165, 1.54) is 22.1 Å². The number of likely N-dealkylation sites (N-methyl/N-ethyl adjacent to an activating group) is 1. The van der Waals surface area contributed by atoms with Gasteiger partial charge >= 0.3 is 6.03 Å². The first kappa shape index (κ1) is 22.9. The van der Waals surface area contributed by atoms with E-state index in [2.05, 4.69) is 24.9 Å². The smallest absolute Gasteiger partial charge is 0.331 e. The van der Waals surface area contributed by atoms with Gasteiger partial charge in [0.05, 0.1) is 18.4 Å². The molecule has 35 heavy (non-hydrogen) atoms. The van der Waals surface area contributed by atoms with Gasteiger partial charge in [0.25, 0.3) is 5.56 Å². The molecule has 2 amide bonds. The first-order valence-corrected chi connectivity index (χ1v) is 12.8. The summed E-state index contributed by atoms with van der Waals surface area (Å²) in [5.41, 5.74) is 1.20. The van der Waals surface area contributed by atoms with E-state index in [-0.39, 0.29) is 5.56 Å². The van der Waals surface area contributed by atoms with Crippen LogP contribution in [0.3, 0.4) is 0 Å². The topological polar surface area (TPSA) is 109 Å². The van der Waals surface area contributed by atoms with Crippen LogP contribution < -0.4 is 15.6 Å². The van der Waals surface area contributed by atoms with Crippen LogP contribution in [0.4, 0.5) is 10.5 Å². The largest absolute Gasteiger partial charge is 0.358 e. The van der Waals surface area contributed by atoms with E-state index < -0.39 is 17.0 Å². The summed E-state index contributed by atoms with van der Waals surface area (Å²) in [5.74, 6) is 1.35. The first-order valence-electron chi connectivity index (χ1n) is 10.8. The van der Waals surface area contributed by atoms with Crippen molar-refractivity contribution in [1.82, 2.24) is 19.2 Å². The van der Waals surface area contributed by atoms with Crippen LogP contribution in [-0.2, 0) is 11.0 Å². The number of benzene rings is 1. The van der Waals surface area contributed by atoms with E-state index in [1.807, 2.05) is 44.3 Å². The second kappa shape index (κ2) is 9.43. The maximum Gasteiger partial charge on any atom is 0.331 e. The standard InChI is InChI=1S/C24H22N6O3S2/c1-15-3-8-21(34-15)35(33)28-24(32)27-18-5-7-20(26-14-18)30-11-9-16-13-17(4-6-19(16)23(30)31)22-25-10-12-29(22)2/h3-9,11,13-14H,10,12H2,1-2H3,(H2,27,28,32). The third-order valence-electron chi connectivity index (χ3n) is 5.56. The van der Waals surface area contributed by atoms with Crippen LogP contribution in [0.25, 0.3) is 16.6 Å². The van der Waals surface area contributed by atoms with Crippen LogP contribution in [0.2, 0.25) is 0 Å². The predicted molar refractivity (Wildman–Crippen MR) is 139 cm³/mol. The third kappa shape index (κ3) is 4.73. The first-order chi connectivity index (χ1) is 16.9. The van der Waals surface area contributed by atoms with Crippen molar-refractivity contribution in [1.29, 1.82) is 0 Å². The van der Waals surface area contributed by atoms with Crippen LogP contribution in [0.1, 0.15) is 10.4 Å². The van der Waals surface area contributed by atoms with Crippen molar-refractivity contribution in [3.63, 3.8) is 0 Å². The van der Waals surface area contributed by atoms with E-state index in [0.29, 0.717) is 21.1 Å². The SMILES string of the molecule is Cc1ccc(S(=O)NC(=O)Nc2ccc(-n3ccc4cc(C5=NCCN5C)ccc4c3=O)nc2)s1. The highest BCUT2D eigenvalue weighted by Gasteiger charge is 2.16. The Morgan fingerprint density at radius 2 is 2.00 bits per heavy atom. The fourth-order valence-electron chi connectivity index (χ4n) is 3.82. The molecule has 0 bridgehead atoms. The molecule has 3 aromatic heterocycles. The molecule has 4 aromatic rings. The molecule has 0 spiro atoms. The second-order valence-electron chi connectivity index (χ2n) is 8.01. The van der Waals surface area contributed by atoms with Gasteiger partial charge in [0, 0.05) is 35.6 Å². The van der Waals surface area contributed by atoms with E-state index in [4.69, 9.17) is 0 Å². The van der Waals surface area contributed by atoms with Crippen LogP contribution in [-0.4, -0.2) is 50.7 Å². The summed E-state index contributed by atoms with van der Waals surface area (Å²) in [6, 6.07) is 13.8. The Balaban J connectivity index is 1.32. The van der Waals surface area contributed by atoms with Gasteiger partial charge in [0.1, 0.15) is 15.9 Å². The maximum absolute atomic E-state index is 13.1. The average Bonchev–Trinajstić information content (AvgIpc) is 3.48. The molecule has 178 valence electrons. The van der Waals surface area contributed by atoms with Crippen LogP contribution in [0.15, 0.2) is 74.9 Å². The molecule has 4 heterocycles. The summed E-state index contributed by atoms with van der Waals surface area (Å²) in [6.45, 7) is 3.57. The average molecular weight is 507 g/mol. The van der Waals surface area contributed by atoms with E-state index >= 15 is 0 Å².